The van der Waals surface area contributed by atoms with Crippen LogP contribution in [-0.2, 0) is 14.8 Å². The van der Waals surface area contributed by atoms with Gasteiger partial charge in [0.2, 0.25) is 0 Å². The van der Waals surface area contributed by atoms with Gasteiger partial charge in [0.25, 0.3) is 10.0 Å². The van der Waals surface area contributed by atoms with Gasteiger partial charge in [-0.1, -0.05) is 18.0 Å². The zero-order valence-corrected chi connectivity index (χ0v) is 14.0. The summed E-state index contributed by atoms with van der Waals surface area (Å²) in [5.41, 5.74) is 0. The topological polar surface area (TPSA) is 54.5 Å². The van der Waals surface area contributed by atoms with Crippen LogP contribution >= 0.6 is 22.9 Å². The van der Waals surface area contributed by atoms with Crippen molar-refractivity contribution < 1.29 is 13.2 Å². The van der Waals surface area contributed by atoms with Crippen molar-refractivity contribution in [2.24, 2.45) is 5.92 Å². The fourth-order valence-corrected chi connectivity index (χ4v) is 6.77. The second-order valence-corrected chi connectivity index (χ2v) is 9.53. The van der Waals surface area contributed by atoms with Crippen molar-refractivity contribution in [3.8, 4) is 0 Å². The van der Waals surface area contributed by atoms with Gasteiger partial charge in [-0.15, -0.1) is 11.3 Å². The van der Waals surface area contributed by atoms with E-state index in [1.807, 2.05) is 0 Å². The van der Waals surface area contributed by atoms with E-state index < -0.39 is 10.0 Å². The number of hydrogen-bond donors (Lipinski definition) is 0. The van der Waals surface area contributed by atoms with Crippen LogP contribution in [0.2, 0.25) is 4.34 Å². The normalized spacial score (nSPS) is 28.1. The molecule has 2 aliphatic rings. The summed E-state index contributed by atoms with van der Waals surface area (Å²) in [5, 5.41) is 0. The van der Waals surface area contributed by atoms with Gasteiger partial charge in [-0.3, -0.25) is 4.79 Å². The fraction of sp³-hybridized carbons (Fsp3) is 0.643. The molecule has 21 heavy (non-hydrogen) atoms. The summed E-state index contributed by atoms with van der Waals surface area (Å²) in [6.45, 7) is 0.506. The van der Waals surface area contributed by atoms with Crippen LogP contribution in [0.4, 0.5) is 0 Å². The van der Waals surface area contributed by atoms with Crippen LogP contribution in [0.5, 0.6) is 0 Å². The third-order valence-electron chi connectivity index (χ3n) is 4.43. The van der Waals surface area contributed by atoms with Crippen molar-refractivity contribution in [2.75, 3.05) is 6.54 Å². The van der Waals surface area contributed by atoms with Crippen LogP contribution in [0.25, 0.3) is 0 Å². The maximum absolute atomic E-state index is 12.8. The number of piperidine rings is 1. The van der Waals surface area contributed by atoms with Gasteiger partial charge in [0.1, 0.15) is 9.99 Å². The highest BCUT2D eigenvalue weighted by Gasteiger charge is 2.42. The van der Waals surface area contributed by atoms with Gasteiger partial charge >= 0.3 is 0 Å². The van der Waals surface area contributed by atoms with Crippen LogP contribution in [0.1, 0.15) is 38.5 Å². The van der Waals surface area contributed by atoms with Crippen molar-refractivity contribution in [1.29, 1.82) is 0 Å². The third-order valence-corrected chi connectivity index (χ3v) is 8.05. The molecule has 0 amide bonds. The third kappa shape index (κ3) is 2.91. The van der Waals surface area contributed by atoms with Crippen LogP contribution in [0.15, 0.2) is 16.3 Å². The Bertz CT molecular complexity index is 640. The number of carbonyl (C=O) groups excluding carboxylic acids is 1. The van der Waals surface area contributed by atoms with E-state index in [-0.39, 0.29) is 22.0 Å². The Kier molecular flexibility index (Phi) is 4.41. The molecule has 2 fully saturated rings. The SMILES string of the molecule is O=C1CCCC1C1CCCCN1S(=O)(=O)c1ccc(Cl)s1. The average molecular weight is 348 g/mol. The molecule has 2 heterocycles. The summed E-state index contributed by atoms with van der Waals surface area (Å²) in [6, 6.07) is 3.00. The van der Waals surface area contributed by atoms with E-state index in [0.717, 1.165) is 43.4 Å². The Hall–Kier alpha value is -0.430. The molecule has 3 rings (SSSR count). The van der Waals surface area contributed by atoms with E-state index in [1.54, 1.807) is 16.4 Å². The zero-order chi connectivity index (χ0) is 15.0. The summed E-state index contributed by atoms with van der Waals surface area (Å²) in [4.78, 5) is 12.0. The number of halogens is 1. The molecular weight excluding hydrogens is 330 g/mol. The zero-order valence-electron chi connectivity index (χ0n) is 11.6. The van der Waals surface area contributed by atoms with Crippen molar-refractivity contribution in [3.63, 3.8) is 0 Å². The van der Waals surface area contributed by atoms with Crippen molar-refractivity contribution in [3.05, 3.63) is 16.5 Å². The minimum Gasteiger partial charge on any atom is -0.299 e. The number of hydrogen-bond acceptors (Lipinski definition) is 4. The van der Waals surface area contributed by atoms with Gasteiger partial charge in [-0.2, -0.15) is 4.31 Å². The lowest BCUT2D eigenvalue weighted by atomic mass is 9.90. The molecule has 0 spiro atoms. The van der Waals surface area contributed by atoms with Crippen LogP contribution in [0, 0.1) is 5.92 Å². The number of thiophene rings is 1. The maximum atomic E-state index is 12.8. The van der Waals surface area contributed by atoms with Gasteiger partial charge in [0, 0.05) is 24.9 Å². The lowest BCUT2D eigenvalue weighted by molar-refractivity contribution is -0.122. The Morgan fingerprint density at radius 2 is 2.00 bits per heavy atom. The molecule has 2 atom stereocenters. The second kappa shape index (κ2) is 5.99. The van der Waals surface area contributed by atoms with Gasteiger partial charge in [0.15, 0.2) is 0 Å². The first-order valence-corrected chi connectivity index (χ1v) is 9.93. The minimum atomic E-state index is -3.54. The molecule has 1 aliphatic heterocycles. The van der Waals surface area contributed by atoms with E-state index in [0.29, 0.717) is 17.3 Å². The number of carbonyl (C=O) groups is 1. The minimum absolute atomic E-state index is 0.115. The van der Waals surface area contributed by atoms with Crippen molar-refractivity contribution in [2.45, 2.75) is 48.8 Å². The first kappa shape index (κ1) is 15.5. The molecule has 1 aliphatic carbocycles. The number of rotatable bonds is 3. The standard InChI is InChI=1S/C14H18ClNO3S2/c15-13-7-8-14(20-13)21(18,19)16-9-2-1-5-11(16)10-4-3-6-12(10)17/h7-8,10-11H,1-6,9H2. The maximum Gasteiger partial charge on any atom is 0.252 e. The first-order valence-electron chi connectivity index (χ1n) is 7.30. The molecule has 0 aromatic carbocycles. The quantitative estimate of drug-likeness (QED) is 0.842. The van der Waals surface area contributed by atoms with Gasteiger partial charge in [-0.05, 0) is 37.8 Å². The number of Topliss-reactive ketones (excluding diaryl/α,β-unsaturated/α-hetero) is 1. The van der Waals surface area contributed by atoms with E-state index in [2.05, 4.69) is 0 Å². The van der Waals surface area contributed by atoms with E-state index in [9.17, 15) is 13.2 Å². The Morgan fingerprint density at radius 1 is 1.19 bits per heavy atom. The summed E-state index contributed by atoms with van der Waals surface area (Å²) in [5.74, 6) is 0.113. The average Bonchev–Trinajstić information content (AvgIpc) is 3.08. The lowest BCUT2D eigenvalue weighted by Crippen LogP contribution is -2.48. The predicted octanol–water partition coefficient (Wildman–Crippen LogP) is 3.31. The highest BCUT2D eigenvalue weighted by Crippen LogP contribution is 2.37. The largest absolute Gasteiger partial charge is 0.299 e. The lowest BCUT2D eigenvalue weighted by Gasteiger charge is -2.37. The second-order valence-electron chi connectivity index (χ2n) is 5.70. The van der Waals surface area contributed by atoms with E-state index >= 15 is 0 Å². The molecule has 1 saturated heterocycles. The van der Waals surface area contributed by atoms with Gasteiger partial charge < -0.3 is 0 Å². The smallest absolute Gasteiger partial charge is 0.252 e. The number of sulfonamides is 1. The van der Waals surface area contributed by atoms with Crippen LogP contribution < -0.4 is 0 Å². The summed E-state index contributed by atoms with van der Waals surface area (Å²) in [6.07, 6.45) is 4.94. The Morgan fingerprint density at radius 3 is 2.62 bits per heavy atom. The van der Waals surface area contributed by atoms with Gasteiger partial charge in [0.05, 0.1) is 4.34 Å². The highest BCUT2D eigenvalue weighted by atomic mass is 35.5. The molecule has 0 bridgehead atoms. The molecule has 1 aromatic rings. The molecular formula is C14H18ClNO3S2. The molecule has 1 saturated carbocycles. The molecule has 0 N–H and O–H groups in total. The predicted molar refractivity (Wildman–Crippen MR) is 83.2 cm³/mol. The molecule has 7 heteroatoms. The fourth-order valence-electron chi connectivity index (χ4n) is 3.43. The monoisotopic (exact) mass is 347 g/mol. The number of ketones is 1. The summed E-state index contributed by atoms with van der Waals surface area (Å²) >= 11 is 6.96. The first-order chi connectivity index (χ1) is 10.00. The molecule has 1 aromatic heterocycles. The van der Waals surface area contributed by atoms with Crippen molar-refractivity contribution >= 4 is 38.7 Å². The molecule has 116 valence electrons. The van der Waals surface area contributed by atoms with Crippen molar-refractivity contribution in [1.82, 2.24) is 4.31 Å². The highest BCUT2D eigenvalue weighted by molar-refractivity contribution is 7.91. The van der Waals surface area contributed by atoms with E-state index in [1.165, 1.54) is 0 Å². The van der Waals surface area contributed by atoms with Crippen LogP contribution in [-0.4, -0.2) is 31.1 Å². The van der Waals surface area contributed by atoms with Crippen LogP contribution in [0.3, 0.4) is 0 Å². The van der Waals surface area contributed by atoms with E-state index in [4.69, 9.17) is 11.6 Å². The summed E-state index contributed by atoms with van der Waals surface area (Å²) < 4.78 is 28.0. The number of nitrogens with zero attached hydrogens (tertiary/aromatic N) is 1. The Labute approximate surface area is 134 Å². The van der Waals surface area contributed by atoms with Gasteiger partial charge in [-0.25, -0.2) is 8.42 Å². The summed E-state index contributed by atoms with van der Waals surface area (Å²) in [7, 11) is -3.54. The molecule has 2 unspecified atom stereocenters. The molecule has 4 nitrogen and oxygen atoms in total. The Balaban J connectivity index is 1.92. The molecule has 0 radical (unpaired) electrons.